The Bertz CT molecular complexity index is 702. The number of anilines is 1. The first-order valence-corrected chi connectivity index (χ1v) is 12.3. The van der Waals surface area contributed by atoms with Gasteiger partial charge in [-0.1, -0.05) is 13.0 Å². The molecule has 2 fully saturated rings. The molecule has 0 spiro atoms. The number of guanidine groups is 1. The van der Waals surface area contributed by atoms with Crippen LogP contribution in [0.25, 0.3) is 0 Å². The second-order valence-electron chi connectivity index (χ2n) is 8.87. The van der Waals surface area contributed by atoms with Crippen molar-refractivity contribution in [3.05, 3.63) is 24.4 Å². The summed E-state index contributed by atoms with van der Waals surface area (Å²) in [5, 5.41) is 6.62. The van der Waals surface area contributed by atoms with Crippen LogP contribution in [0.15, 0.2) is 29.4 Å². The third-order valence-electron chi connectivity index (χ3n) is 6.36. The van der Waals surface area contributed by atoms with Gasteiger partial charge in [-0.05, 0) is 63.9 Å². The van der Waals surface area contributed by atoms with Gasteiger partial charge in [0.15, 0.2) is 5.96 Å². The van der Waals surface area contributed by atoms with Crippen LogP contribution in [-0.4, -0.2) is 92.1 Å². The van der Waals surface area contributed by atoms with E-state index in [4.69, 9.17) is 4.99 Å². The molecule has 0 aromatic carbocycles. The lowest BCUT2D eigenvalue weighted by Crippen LogP contribution is -2.49. The molecule has 2 aliphatic rings. The van der Waals surface area contributed by atoms with Crippen LogP contribution in [0.5, 0.6) is 0 Å². The number of piperazine rings is 1. The fourth-order valence-corrected chi connectivity index (χ4v) is 4.28. The van der Waals surface area contributed by atoms with E-state index in [1.54, 1.807) is 0 Å². The lowest BCUT2D eigenvalue weighted by atomic mass is 9.99. The first kappa shape index (κ1) is 27.6. The summed E-state index contributed by atoms with van der Waals surface area (Å²) in [5.74, 6) is 2.88. The van der Waals surface area contributed by atoms with E-state index >= 15 is 0 Å². The van der Waals surface area contributed by atoms with Crippen LogP contribution in [-0.2, 0) is 4.79 Å². The Hall–Kier alpha value is -1.62. The standard InChI is InChI=1S/C24H41N7O.HI/c1-3-25-24(27-12-6-14-29-15-9-21(2)10-16-29)28-13-8-23(32)31-19-17-30(18-20-31)22-7-4-5-11-26-22;/h4-5,7,11,21H,3,6,8-10,12-20H2,1-2H3,(H2,25,27,28);1H. The predicted molar refractivity (Wildman–Crippen MR) is 146 cm³/mol. The minimum absolute atomic E-state index is 0. The van der Waals surface area contributed by atoms with Crippen LogP contribution in [0, 0.1) is 5.92 Å². The Morgan fingerprint density at radius 1 is 1.12 bits per heavy atom. The molecule has 186 valence electrons. The molecule has 0 aliphatic carbocycles. The van der Waals surface area contributed by atoms with Gasteiger partial charge in [-0.3, -0.25) is 9.79 Å². The van der Waals surface area contributed by atoms with E-state index in [-0.39, 0.29) is 29.9 Å². The summed E-state index contributed by atoms with van der Waals surface area (Å²) in [4.78, 5) is 28.5. The lowest BCUT2D eigenvalue weighted by molar-refractivity contribution is -0.131. The monoisotopic (exact) mass is 571 g/mol. The molecular weight excluding hydrogens is 529 g/mol. The smallest absolute Gasteiger partial charge is 0.224 e. The van der Waals surface area contributed by atoms with Crippen molar-refractivity contribution in [2.75, 3.05) is 70.3 Å². The zero-order valence-electron chi connectivity index (χ0n) is 20.3. The van der Waals surface area contributed by atoms with Crippen LogP contribution in [0.4, 0.5) is 5.82 Å². The first-order chi connectivity index (χ1) is 15.7. The molecule has 0 radical (unpaired) electrons. The molecule has 2 aliphatic heterocycles. The van der Waals surface area contributed by atoms with E-state index in [9.17, 15) is 4.79 Å². The largest absolute Gasteiger partial charge is 0.357 e. The average molecular weight is 572 g/mol. The van der Waals surface area contributed by atoms with Gasteiger partial charge in [0, 0.05) is 58.4 Å². The molecule has 8 nitrogen and oxygen atoms in total. The highest BCUT2D eigenvalue weighted by atomic mass is 127. The van der Waals surface area contributed by atoms with E-state index < -0.39 is 0 Å². The summed E-state index contributed by atoms with van der Waals surface area (Å²) < 4.78 is 0. The molecule has 33 heavy (non-hydrogen) atoms. The number of likely N-dealkylation sites (tertiary alicyclic amines) is 1. The maximum Gasteiger partial charge on any atom is 0.224 e. The van der Waals surface area contributed by atoms with Crippen LogP contribution >= 0.6 is 24.0 Å². The average Bonchev–Trinajstić information content (AvgIpc) is 2.83. The summed E-state index contributed by atoms with van der Waals surface area (Å²) in [5.41, 5.74) is 0. The summed E-state index contributed by atoms with van der Waals surface area (Å²) >= 11 is 0. The minimum atomic E-state index is 0. The number of nitrogens with one attached hydrogen (secondary N) is 2. The number of halogens is 1. The van der Waals surface area contributed by atoms with Crippen molar-refractivity contribution < 1.29 is 4.79 Å². The molecule has 2 N–H and O–H groups in total. The number of nitrogens with zero attached hydrogens (tertiary/aromatic N) is 5. The predicted octanol–water partition coefficient (Wildman–Crippen LogP) is 2.42. The van der Waals surface area contributed by atoms with Crippen LogP contribution in [0.3, 0.4) is 0 Å². The highest BCUT2D eigenvalue weighted by molar-refractivity contribution is 14.0. The molecule has 0 bridgehead atoms. The molecule has 3 heterocycles. The topological polar surface area (TPSA) is 76.1 Å². The van der Waals surface area contributed by atoms with Crippen molar-refractivity contribution in [1.29, 1.82) is 0 Å². The molecule has 2 saturated heterocycles. The number of rotatable bonds is 9. The van der Waals surface area contributed by atoms with E-state index in [0.29, 0.717) is 13.0 Å². The van der Waals surface area contributed by atoms with Crippen molar-refractivity contribution in [2.45, 2.75) is 39.5 Å². The van der Waals surface area contributed by atoms with Crippen molar-refractivity contribution >= 4 is 41.7 Å². The van der Waals surface area contributed by atoms with Crippen LogP contribution in [0.2, 0.25) is 0 Å². The van der Waals surface area contributed by atoms with Gasteiger partial charge in [0.1, 0.15) is 5.82 Å². The fraction of sp³-hybridized carbons (Fsp3) is 0.708. The molecule has 1 amide bonds. The first-order valence-electron chi connectivity index (χ1n) is 12.3. The third kappa shape index (κ3) is 9.64. The van der Waals surface area contributed by atoms with Gasteiger partial charge in [-0.25, -0.2) is 4.98 Å². The van der Waals surface area contributed by atoms with E-state index in [0.717, 1.165) is 69.9 Å². The van der Waals surface area contributed by atoms with Crippen molar-refractivity contribution in [2.24, 2.45) is 10.9 Å². The molecular formula is C24H42IN7O. The Labute approximate surface area is 216 Å². The highest BCUT2D eigenvalue weighted by Crippen LogP contribution is 2.16. The number of aliphatic imine (C=N–C) groups is 1. The lowest BCUT2D eigenvalue weighted by Gasteiger charge is -2.35. The van der Waals surface area contributed by atoms with E-state index in [2.05, 4.69) is 39.3 Å². The van der Waals surface area contributed by atoms with Gasteiger partial charge >= 0.3 is 0 Å². The number of carbonyl (C=O) groups excluding carboxylic acids is 1. The minimum Gasteiger partial charge on any atom is -0.357 e. The van der Waals surface area contributed by atoms with Gasteiger partial charge in [0.25, 0.3) is 0 Å². The van der Waals surface area contributed by atoms with Crippen molar-refractivity contribution in [3.8, 4) is 0 Å². The molecule has 1 aromatic heterocycles. The number of pyridine rings is 1. The van der Waals surface area contributed by atoms with Crippen LogP contribution < -0.4 is 15.5 Å². The van der Waals surface area contributed by atoms with Crippen molar-refractivity contribution in [3.63, 3.8) is 0 Å². The van der Waals surface area contributed by atoms with Gasteiger partial charge in [-0.2, -0.15) is 0 Å². The second-order valence-corrected chi connectivity index (χ2v) is 8.87. The molecule has 0 atom stereocenters. The molecule has 1 aromatic rings. The second kappa shape index (κ2) is 15.3. The number of carbonyl (C=O) groups is 1. The third-order valence-corrected chi connectivity index (χ3v) is 6.36. The van der Waals surface area contributed by atoms with E-state index in [1.807, 2.05) is 29.3 Å². The van der Waals surface area contributed by atoms with Crippen LogP contribution in [0.1, 0.15) is 39.5 Å². The Morgan fingerprint density at radius 2 is 1.88 bits per heavy atom. The highest BCUT2D eigenvalue weighted by Gasteiger charge is 2.21. The van der Waals surface area contributed by atoms with Gasteiger partial charge in [-0.15, -0.1) is 24.0 Å². The summed E-state index contributed by atoms with van der Waals surface area (Å²) in [6.45, 7) is 13.4. The number of hydrogen-bond acceptors (Lipinski definition) is 5. The molecule has 3 rings (SSSR count). The number of amides is 1. The maximum absolute atomic E-state index is 12.6. The number of aromatic nitrogens is 1. The Balaban J connectivity index is 0.00000385. The number of hydrogen-bond donors (Lipinski definition) is 2. The number of piperidine rings is 1. The Morgan fingerprint density at radius 3 is 2.55 bits per heavy atom. The van der Waals surface area contributed by atoms with Crippen molar-refractivity contribution in [1.82, 2.24) is 25.4 Å². The summed E-state index contributed by atoms with van der Waals surface area (Å²) in [6, 6.07) is 5.95. The molecule has 9 heteroatoms. The quantitative estimate of drug-likeness (QED) is 0.205. The zero-order valence-corrected chi connectivity index (χ0v) is 22.7. The fourth-order valence-electron chi connectivity index (χ4n) is 4.28. The maximum atomic E-state index is 12.6. The van der Waals surface area contributed by atoms with Gasteiger partial charge in [0.05, 0.1) is 0 Å². The molecule has 0 unspecified atom stereocenters. The van der Waals surface area contributed by atoms with E-state index in [1.165, 1.54) is 25.9 Å². The normalized spacial score (nSPS) is 18.1. The Kier molecular flexibility index (Phi) is 12.8. The van der Waals surface area contributed by atoms with Gasteiger partial charge in [0.2, 0.25) is 5.91 Å². The SMILES string of the molecule is CCNC(=NCCCN1CCC(C)CC1)NCCC(=O)N1CCN(c2ccccn2)CC1.I. The summed E-state index contributed by atoms with van der Waals surface area (Å²) in [6.07, 6.45) is 6.01. The molecule has 0 saturated carbocycles. The zero-order chi connectivity index (χ0) is 22.6. The summed E-state index contributed by atoms with van der Waals surface area (Å²) in [7, 11) is 0. The van der Waals surface area contributed by atoms with Gasteiger partial charge < -0.3 is 25.3 Å².